The van der Waals surface area contributed by atoms with Crippen LogP contribution in [0.3, 0.4) is 0 Å². The highest BCUT2D eigenvalue weighted by Gasteiger charge is 2.22. The van der Waals surface area contributed by atoms with Crippen LogP contribution >= 0.6 is 0 Å². The van der Waals surface area contributed by atoms with Crippen LogP contribution in [0.15, 0.2) is 53.4 Å². The van der Waals surface area contributed by atoms with Crippen LogP contribution in [-0.2, 0) is 4.79 Å². The second-order valence-corrected chi connectivity index (χ2v) is 4.66. The number of carbonyl (C=O) groups is 1. The van der Waals surface area contributed by atoms with E-state index in [0.717, 1.165) is 5.56 Å². The highest BCUT2D eigenvalue weighted by atomic mass is 16.3. The Morgan fingerprint density at radius 1 is 1.36 bits per heavy atom. The van der Waals surface area contributed by atoms with Gasteiger partial charge in [-0.25, -0.2) is 9.97 Å². The number of rotatable bonds is 5. The first-order valence-electron chi connectivity index (χ1n) is 6.65. The molecule has 0 bridgehead atoms. The summed E-state index contributed by atoms with van der Waals surface area (Å²) in [5.74, 6) is 0.210. The van der Waals surface area contributed by atoms with Crippen LogP contribution in [0.2, 0.25) is 0 Å². The molecule has 3 N–H and O–H groups in total. The van der Waals surface area contributed by atoms with Gasteiger partial charge in [-0.1, -0.05) is 18.2 Å². The molecule has 0 aliphatic heterocycles. The molecule has 0 fully saturated rings. The minimum atomic E-state index is -0.894. The number of hydrogen-bond acceptors (Lipinski definition) is 5. The number of primary amides is 1. The summed E-state index contributed by atoms with van der Waals surface area (Å²) in [5, 5.41) is 9.33. The van der Waals surface area contributed by atoms with Crippen LogP contribution in [0.1, 0.15) is 6.04 Å². The number of amides is 1. The maximum Gasteiger partial charge on any atom is 0.242 e. The highest BCUT2D eigenvalue weighted by Crippen LogP contribution is 2.25. The molecule has 1 amide bonds. The van der Waals surface area contributed by atoms with E-state index >= 15 is 0 Å². The normalized spacial score (nSPS) is 12.2. The Hall–Kier alpha value is -2.93. The number of carbonyl (C=O) groups excluding carboxylic acids is 1. The summed E-state index contributed by atoms with van der Waals surface area (Å²) in [4.78, 5) is 20.0. The lowest BCUT2D eigenvalue weighted by Crippen LogP contribution is -2.29. The molecule has 0 unspecified atom stereocenters. The van der Waals surface area contributed by atoms with Crippen LogP contribution < -0.4 is 5.73 Å². The van der Waals surface area contributed by atoms with E-state index in [1.54, 1.807) is 6.20 Å². The molecule has 0 spiro atoms. The van der Waals surface area contributed by atoms with Crippen molar-refractivity contribution in [2.45, 2.75) is 6.04 Å². The molecule has 0 aliphatic carbocycles. The van der Waals surface area contributed by atoms with Gasteiger partial charge in [0.1, 0.15) is 18.0 Å². The lowest BCUT2D eigenvalue weighted by Gasteiger charge is -2.13. The topological polar surface area (TPSA) is 107 Å². The Morgan fingerprint density at radius 2 is 2.14 bits per heavy atom. The number of aromatic nitrogens is 3. The van der Waals surface area contributed by atoms with E-state index in [2.05, 4.69) is 9.97 Å². The van der Waals surface area contributed by atoms with Gasteiger partial charge in [0.2, 0.25) is 11.8 Å². The Labute approximate surface area is 126 Å². The molecule has 3 rings (SSSR count). The summed E-state index contributed by atoms with van der Waals surface area (Å²) in [6.45, 7) is -0.415. The Morgan fingerprint density at radius 3 is 2.82 bits per heavy atom. The third-order valence-corrected chi connectivity index (χ3v) is 3.26. The molecule has 1 atom stereocenters. The lowest BCUT2D eigenvalue weighted by atomic mass is 10.2. The van der Waals surface area contributed by atoms with Crippen molar-refractivity contribution in [2.24, 2.45) is 5.73 Å². The standard InChI is InChI=1S/C15H14N4O3/c16-13(21)12(8-20)19-7-6-17-14(19)11-9-22-15(18-11)10-4-2-1-3-5-10/h1-7,9,12,20H,8H2,(H2,16,21)/t12-/m0/s1. The molecule has 0 aliphatic rings. The monoisotopic (exact) mass is 298 g/mol. The maximum atomic E-state index is 11.4. The zero-order chi connectivity index (χ0) is 15.5. The van der Waals surface area contributed by atoms with Gasteiger partial charge in [-0.2, -0.15) is 0 Å². The minimum absolute atomic E-state index is 0.406. The average Bonchev–Trinajstić information content (AvgIpc) is 3.17. The summed E-state index contributed by atoms with van der Waals surface area (Å²) in [6, 6.07) is 8.53. The average molecular weight is 298 g/mol. The van der Waals surface area contributed by atoms with Crippen molar-refractivity contribution in [1.29, 1.82) is 0 Å². The molecule has 7 heteroatoms. The molecule has 7 nitrogen and oxygen atoms in total. The smallest absolute Gasteiger partial charge is 0.242 e. The lowest BCUT2D eigenvalue weighted by molar-refractivity contribution is -0.122. The van der Waals surface area contributed by atoms with Crippen LogP contribution in [0.25, 0.3) is 23.0 Å². The van der Waals surface area contributed by atoms with E-state index in [-0.39, 0.29) is 0 Å². The van der Waals surface area contributed by atoms with E-state index in [4.69, 9.17) is 10.2 Å². The van der Waals surface area contributed by atoms with E-state index in [0.29, 0.717) is 17.4 Å². The number of imidazole rings is 1. The fourth-order valence-corrected chi connectivity index (χ4v) is 2.17. The Kier molecular flexibility index (Phi) is 3.71. The van der Waals surface area contributed by atoms with Gasteiger partial charge < -0.3 is 19.8 Å². The van der Waals surface area contributed by atoms with Crippen molar-refractivity contribution in [3.63, 3.8) is 0 Å². The molecule has 112 valence electrons. The third-order valence-electron chi connectivity index (χ3n) is 3.26. The molecular formula is C15H14N4O3. The predicted molar refractivity (Wildman–Crippen MR) is 78.5 cm³/mol. The molecule has 1 aromatic carbocycles. The summed E-state index contributed by atoms with van der Waals surface area (Å²) < 4.78 is 6.94. The van der Waals surface area contributed by atoms with Crippen LogP contribution in [0.5, 0.6) is 0 Å². The van der Waals surface area contributed by atoms with E-state index in [9.17, 15) is 9.90 Å². The zero-order valence-electron chi connectivity index (χ0n) is 11.6. The molecular weight excluding hydrogens is 284 g/mol. The number of oxazole rings is 1. The molecule has 2 aromatic heterocycles. The first kappa shape index (κ1) is 14.0. The van der Waals surface area contributed by atoms with Gasteiger partial charge >= 0.3 is 0 Å². The Bertz CT molecular complexity index is 779. The van der Waals surface area contributed by atoms with Gasteiger partial charge in [-0.05, 0) is 12.1 Å². The number of aliphatic hydroxyl groups is 1. The van der Waals surface area contributed by atoms with Gasteiger partial charge in [-0.3, -0.25) is 4.79 Å². The van der Waals surface area contributed by atoms with Crippen LogP contribution in [0, 0.1) is 0 Å². The molecule has 0 saturated carbocycles. The van der Waals surface area contributed by atoms with Crippen LogP contribution in [0.4, 0.5) is 0 Å². The summed E-state index contributed by atoms with van der Waals surface area (Å²) in [7, 11) is 0. The largest absolute Gasteiger partial charge is 0.444 e. The van der Waals surface area contributed by atoms with E-state index in [1.807, 2.05) is 30.3 Å². The number of aliphatic hydroxyl groups excluding tert-OH is 1. The SMILES string of the molecule is NC(=O)[C@H](CO)n1ccnc1-c1coc(-c2ccccc2)n1. The van der Waals surface area contributed by atoms with Crippen molar-refractivity contribution < 1.29 is 14.3 Å². The van der Waals surface area contributed by atoms with Crippen molar-refractivity contribution in [2.75, 3.05) is 6.61 Å². The van der Waals surface area contributed by atoms with Crippen LogP contribution in [-0.4, -0.2) is 32.2 Å². The fourth-order valence-electron chi connectivity index (χ4n) is 2.17. The van der Waals surface area contributed by atoms with Gasteiger partial charge in [0.05, 0.1) is 6.61 Å². The van der Waals surface area contributed by atoms with Crippen molar-refractivity contribution in [1.82, 2.24) is 14.5 Å². The molecule has 0 radical (unpaired) electrons. The van der Waals surface area contributed by atoms with Gasteiger partial charge in [-0.15, -0.1) is 0 Å². The van der Waals surface area contributed by atoms with E-state index in [1.165, 1.54) is 17.0 Å². The number of nitrogens with two attached hydrogens (primary N) is 1. The molecule has 2 heterocycles. The first-order chi connectivity index (χ1) is 10.7. The summed E-state index contributed by atoms with van der Waals surface area (Å²) in [6.07, 6.45) is 4.53. The number of benzene rings is 1. The Balaban J connectivity index is 1.98. The zero-order valence-corrected chi connectivity index (χ0v) is 11.6. The molecule has 0 saturated heterocycles. The summed E-state index contributed by atoms with van der Waals surface area (Å²) >= 11 is 0. The second kappa shape index (κ2) is 5.82. The fraction of sp³-hybridized carbons (Fsp3) is 0.133. The predicted octanol–water partition coefficient (Wildman–Crippen LogP) is 1.22. The van der Waals surface area contributed by atoms with Crippen molar-refractivity contribution in [3.8, 4) is 23.0 Å². The quantitative estimate of drug-likeness (QED) is 0.736. The van der Waals surface area contributed by atoms with Gasteiger partial charge in [0.15, 0.2) is 5.82 Å². The maximum absolute atomic E-state index is 11.4. The van der Waals surface area contributed by atoms with Crippen molar-refractivity contribution in [3.05, 3.63) is 49.0 Å². The minimum Gasteiger partial charge on any atom is -0.444 e. The molecule has 3 aromatic rings. The number of nitrogens with zero attached hydrogens (tertiary/aromatic N) is 3. The third kappa shape index (κ3) is 2.49. The second-order valence-electron chi connectivity index (χ2n) is 4.66. The number of hydrogen-bond donors (Lipinski definition) is 2. The molecule has 22 heavy (non-hydrogen) atoms. The van der Waals surface area contributed by atoms with Gasteiger partial charge in [0, 0.05) is 18.0 Å². The van der Waals surface area contributed by atoms with E-state index < -0.39 is 18.6 Å². The first-order valence-corrected chi connectivity index (χ1v) is 6.65. The van der Waals surface area contributed by atoms with Gasteiger partial charge in [0.25, 0.3) is 0 Å². The summed E-state index contributed by atoms with van der Waals surface area (Å²) in [5.41, 5.74) is 6.59. The highest BCUT2D eigenvalue weighted by molar-refractivity contribution is 5.79. The van der Waals surface area contributed by atoms with Crippen molar-refractivity contribution >= 4 is 5.91 Å².